The van der Waals surface area contributed by atoms with E-state index in [4.69, 9.17) is 5.73 Å². The van der Waals surface area contributed by atoms with Crippen LogP contribution >= 0.6 is 0 Å². The van der Waals surface area contributed by atoms with Gasteiger partial charge in [0.15, 0.2) is 5.65 Å². The third-order valence-electron chi connectivity index (χ3n) is 4.11. The lowest BCUT2D eigenvalue weighted by Crippen LogP contribution is -2.39. The Hall–Kier alpha value is -2.24. The minimum Gasteiger partial charge on any atom is -0.369 e. The summed E-state index contributed by atoms with van der Waals surface area (Å²) in [4.78, 5) is 26.7. The van der Waals surface area contributed by atoms with Crippen LogP contribution in [0.3, 0.4) is 0 Å². The van der Waals surface area contributed by atoms with E-state index in [9.17, 15) is 4.79 Å². The average Bonchev–Trinajstić information content (AvgIpc) is 2.46. The number of anilines is 1. The van der Waals surface area contributed by atoms with Crippen LogP contribution in [0.5, 0.6) is 0 Å². The number of rotatable bonds is 2. The zero-order valence-corrected chi connectivity index (χ0v) is 12.3. The third-order valence-corrected chi connectivity index (χ3v) is 4.11. The van der Waals surface area contributed by atoms with Crippen LogP contribution in [-0.2, 0) is 4.79 Å². The number of aromatic nitrogens is 3. The highest BCUT2D eigenvalue weighted by Gasteiger charge is 2.25. The molecule has 110 valence electrons. The molecule has 1 aliphatic rings. The molecule has 1 amide bonds. The molecule has 6 heteroatoms. The fraction of sp³-hybridized carbons (Fsp3) is 0.467. The van der Waals surface area contributed by atoms with Gasteiger partial charge in [-0.25, -0.2) is 15.0 Å². The van der Waals surface area contributed by atoms with Crippen molar-refractivity contribution in [2.45, 2.75) is 26.7 Å². The van der Waals surface area contributed by atoms with Crippen molar-refractivity contribution < 1.29 is 4.79 Å². The molecular weight excluding hydrogens is 266 g/mol. The van der Waals surface area contributed by atoms with Gasteiger partial charge in [0.25, 0.3) is 0 Å². The molecule has 0 saturated carbocycles. The maximum Gasteiger partial charge on any atom is 0.220 e. The lowest BCUT2D eigenvalue weighted by molar-refractivity contribution is -0.122. The number of hydrogen-bond acceptors (Lipinski definition) is 5. The Morgan fingerprint density at radius 1 is 1.29 bits per heavy atom. The number of nitrogens with two attached hydrogens (primary N) is 1. The predicted molar refractivity (Wildman–Crippen MR) is 80.9 cm³/mol. The van der Waals surface area contributed by atoms with Gasteiger partial charge in [-0.1, -0.05) is 0 Å². The number of carbonyl (C=O) groups excluding carboxylic acids is 1. The van der Waals surface area contributed by atoms with Gasteiger partial charge in [0, 0.05) is 24.7 Å². The van der Waals surface area contributed by atoms with E-state index < -0.39 is 0 Å². The van der Waals surface area contributed by atoms with Crippen molar-refractivity contribution in [3.05, 3.63) is 23.7 Å². The number of pyridine rings is 1. The molecule has 0 unspecified atom stereocenters. The minimum atomic E-state index is -0.198. The second kappa shape index (κ2) is 5.27. The molecule has 21 heavy (non-hydrogen) atoms. The number of fused-ring (bicyclic) bond motifs is 1. The van der Waals surface area contributed by atoms with Crippen LogP contribution in [0, 0.1) is 19.8 Å². The first kappa shape index (κ1) is 13.7. The lowest BCUT2D eigenvalue weighted by Gasteiger charge is -2.32. The summed E-state index contributed by atoms with van der Waals surface area (Å²) >= 11 is 0. The molecule has 0 aliphatic carbocycles. The van der Waals surface area contributed by atoms with Gasteiger partial charge in [0.1, 0.15) is 12.1 Å². The first-order valence-corrected chi connectivity index (χ1v) is 7.19. The van der Waals surface area contributed by atoms with Gasteiger partial charge in [0.05, 0.1) is 5.39 Å². The second-order valence-corrected chi connectivity index (χ2v) is 5.64. The van der Waals surface area contributed by atoms with E-state index in [2.05, 4.69) is 26.8 Å². The normalized spacial score (nSPS) is 16.4. The van der Waals surface area contributed by atoms with Crippen molar-refractivity contribution in [2.24, 2.45) is 11.7 Å². The van der Waals surface area contributed by atoms with E-state index in [1.807, 2.05) is 13.0 Å². The number of aryl methyl sites for hydroxylation is 2. The number of primary amides is 1. The molecule has 2 aromatic heterocycles. The van der Waals surface area contributed by atoms with E-state index >= 15 is 0 Å². The van der Waals surface area contributed by atoms with Gasteiger partial charge in [-0.3, -0.25) is 4.79 Å². The number of carbonyl (C=O) groups is 1. The van der Waals surface area contributed by atoms with Crippen LogP contribution in [0.4, 0.5) is 5.82 Å². The summed E-state index contributed by atoms with van der Waals surface area (Å²) in [7, 11) is 0. The van der Waals surface area contributed by atoms with Crippen LogP contribution in [-0.4, -0.2) is 33.9 Å². The fourth-order valence-electron chi connectivity index (χ4n) is 3.01. The Kier molecular flexibility index (Phi) is 3.45. The molecule has 0 radical (unpaired) electrons. The molecule has 0 atom stereocenters. The van der Waals surface area contributed by atoms with Gasteiger partial charge >= 0.3 is 0 Å². The maximum absolute atomic E-state index is 11.3. The molecule has 0 bridgehead atoms. The first-order chi connectivity index (χ1) is 10.1. The molecule has 0 spiro atoms. The molecule has 0 aromatic carbocycles. The van der Waals surface area contributed by atoms with Crippen LogP contribution in [0.15, 0.2) is 12.4 Å². The highest BCUT2D eigenvalue weighted by atomic mass is 16.1. The minimum absolute atomic E-state index is 0.0178. The summed E-state index contributed by atoms with van der Waals surface area (Å²) in [5.41, 5.74) is 8.21. The van der Waals surface area contributed by atoms with Crippen LogP contribution in [0.2, 0.25) is 0 Å². The zero-order valence-electron chi connectivity index (χ0n) is 12.3. The molecular formula is C15H19N5O. The summed E-state index contributed by atoms with van der Waals surface area (Å²) in [5.74, 6) is 0.694. The predicted octanol–water partition coefficient (Wildman–Crippen LogP) is 1.34. The summed E-state index contributed by atoms with van der Waals surface area (Å²) in [6.45, 7) is 5.59. The van der Waals surface area contributed by atoms with E-state index in [1.54, 1.807) is 6.33 Å². The average molecular weight is 285 g/mol. The fourth-order valence-corrected chi connectivity index (χ4v) is 3.01. The highest BCUT2D eigenvalue weighted by Crippen LogP contribution is 2.29. The summed E-state index contributed by atoms with van der Waals surface area (Å²) in [6.07, 6.45) is 3.11. The Morgan fingerprint density at radius 2 is 2.00 bits per heavy atom. The van der Waals surface area contributed by atoms with Crippen molar-refractivity contribution in [1.82, 2.24) is 15.0 Å². The van der Waals surface area contributed by atoms with Gasteiger partial charge in [0.2, 0.25) is 5.91 Å². The Bertz CT molecular complexity index is 692. The molecule has 2 N–H and O–H groups in total. The van der Waals surface area contributed by atoms with Crippen LogP contribution < -0.4 is 10.6 Å². The number of piperidine rings is 1. The van der Waals surface area contributed by atoms with Crippen molar-refractivity contribution in [3.63, 3.8) is 0 Å². The number of nitrogens with zero attached hydrogens (tertiary/aromatic N) is 4. The number of amides is 1. The smallest absolute Gasteiger partial charge is 0.220 e. The molecule has 2 aromatic rings. The zero-order chi connectivity index (χ0) is 15.0. The quantitative estimate of drug-likeness (QED) is 0.900. The molecule has 1 aliphatic heterocycles. The molecule has 6 nitrogen and oxygen atoms in total. The summed E-state index contributed by atoms with van der Waals surface area (Å²) in [6, 6.07) is 2.05. The lowest BCUT2D eigenvalue weighted by atomic mass is 9.96. The van der Waals surface area contributed by atoms with Crippen molar-refractivity contribution >= 4 is 22.8 Å². The highest BCUT2D eigenvalue weighted by molar-refractivity contribution is 5.90. The topological polar surface area (TPSA) is 85.0 Å². The van der Waals surface area contributed by atoms with E-state index in [0.29, 0.717) is 0 Å². The molecule has 1 fully saturated rings. The maximum atomic E-state index is 11.3. The Balaban J connectivity index is 1.97. The largest absolute Gasteiger partial charge is 0.369 e. The van der Waals surface area contributed by atoms with Gasteiger partial charge < -0.3 is 10.6 Å². The van der Waals surface area contributed by atoms with E-state index in [1.165, 1.54) is 0 Å². The monoisotopic (exact) mass is 285 g/mol. The van der Waals surface area contributed by atoms with Crippen LogP contribution in [0.25, 0.3) is 11.0 Å². The van der Waals surface area contributed by atoms with E-state index in [0.717, 1.165) is 54.0 Å². The third kappa shape index (κ3) is 2.53. The molecule has 1 saturated heterocycles. The Labute approximate surface area is 123 Å². The number of hydrogen-bond donors (Lipinski definition) is 1. The van der Waals surface area contributed by atoms with Gasteiger partial charge in [-0.15, -0.1) is 0 Å². The van der Waals surface area contributed by atoms with Gasteiger partial charge in [-0.2, -0.15) is 0 Å². The standard InChI is InChI=1S/C15H19N5O/c1-9-7-10(2)19-14-12(9)15(18-8-17-14)20-5-3-11(4-6-20)13(16)21/h7-8,11H,3-6H2,1-2H3,(H2,16,21). The summed E-state index contributed by atoms with van der Waals surface area (Å²) < 4.78 is 0. The van der Waals surface area contributed by atoms with Crippen molar-refractivity contribution in [2.75, 3.05) is 18.0 Å². The van der Waals surface area contributed by atoms with Crippen molar-refractivity contribution in [3.8, 4) is 0 Å². The SMILES string of the molecule is Cc1cc(C)c2c(N3CCC(C(N)=O)CC3)ncnc2n1. The second-order valence-electron chi connectivity index (χ2n) is 5.64. The van der Waals surface area contributed by atoms with Crippen LogP contribution in [0.1, 0.15) is 24.1 Å². The van der Waals surface area contributed by atoms with Crippen molar-refractivity contribution in [1.29, 1.82) is 0 Å². The summed E-state index contributed by atoms with van der Waals surface area (Å²) in [5, 5.41) is 1.00. The molecule has 3 heterocycles. The Morgan fingerprint density at radius 3 is 2.67 bits per heavy atom. The molecule has 3 rings (SSSR count). The van der Waals surface area contributed by atoms with Gasteiger partial charge in [-0.05, 0) is 38.3 Å². The first-order valence-electron chi connectivity index (χ1n) is 7.19. The van der Waals surface area contributed by atoms with E-state index in [-0.39, 0.29) is 11.8 Å².